The van der Waals surface area contributed by atoms with Crippen LogP contribution in [0.2, 0.25) is 0 Å². The molecule has 1 aliphatic heterocycles. The van der Waals surface area contributed by atoms with Gasteiger partial charge in [0.1, 0.15) is 13.1 Å². The smallest absolute Gasteiger partial charge is 0.276 e. The third-order valence-electron chi connectivity index (χ3n) is 4.27. The normalized spacial score (nSPS) is 14.3. The molecule has 0 radical (unpaired) electrons. The van der Waals surface area contributed by atoms with E-state index in [1.807, 2.05) is 12.1 Å². The molecule has 1 saturated heterocycles. The summed E-state index contributed by atoms with van der Waals surface area (Å²) < 4.78 is 2.16. The number of nitrogens with zero attached hydrogens (tertiary/aromatic N) is 3. The van der Waals surface area contributed by atoms with Gasteiger partial charge in [-0.25, -0.2) is 4.57 Å². The molecule has 0 atom stereocenters. The van der Waals surface area contributed by atoms with E-state index in [9.17, 15) is 4.79 Å². The molecule has 0 aliphatic carbocycles. The fourth-order valence-electron chi connectivity index (χ4n) is 2.94. The number of carbonyl (C=O) groups excluding carboxylic acids is 1. The van der Waals surface area contributed by atoms with Gasteiger partial charge in [-0.15, -0.1) is 0 Å². The molecular formula is C18H22IN3O. The van der Waals surface area contributed by atoms with Crippen LogP contribution in [0.25, 0.3) is 0 Å². The molecule has 1 fully saturated rings. The zero-order chi connectivity index (χ0) is 15.5. The number of aryl methyl sites for hydroxylation is 1. The Morgan fingerprint density at radius 3 is 2.13 bits per heavy atom. The van der Waals surface area contributed by atoms with Crippen molar-refractivity contribution in [2.45, 2.75) is 6.92 Å². The summed E-state index contributed by atoms with van der Waals surface area (Å²) in [6, 6.07) is 14.2. The molecule has 0 saturated carbocycles. The van der Waals surface area contributed by atoms with Gasteiger partial charge in [-0.3, -0.25) is 9.69 Å². The maximum Gasteiger partial charge on any atom is 0.276 e. The second-order valence-corrected chi connectivity index (χ2v) is 5.75. The van der Waals surface area contributed by atoms with Crippen LogP contribution >= 0.6 is 0 Å². The maximum atomic E-state index is 11.3. The van der Waals surface area contributed by atoms with Crippen LogP contribution in [0, 0.1) is 0 Å². The number of Topliss-reactive ketones (excluding diaryl/α,β-unsaturated/α-hetero) is 1. The van der Waals surface area contributed by atoms with E-state index in [-0.39, 0.29) is 29.8 Å². The summed E-state index contributed by atoms with van der Waals surface area (Å²) in [6.07, 6.45) is 2.09. The molecule has 0 amide bonds. The molecule has 4 nitrogen and oxygen atoms in total. The second kappa shape index (κ2) is 7.77. The predicted octanol–water partition coefficient (Wildman–Crippen LogP) is -0.956. The molecule has 2 aromatic rings. The SMILES string of the molecule is CC(=O)c1ccc(N2CCN(c3cccc[n+]3C)CC2)cc1.[I-]. The standard InChI is InChI=1S/C18H22N3O.HI/c1-15(22)16-6-8-17(9-7-16)20-11-13-21(14-12-20)18-5-3-4-10-19(18)2;/h3-10H,11-14H2,1-2H3;1H/q+1;/p-1. The Bertz CT molecular complexity index is 664. The number of ketones is 1. The van der Waals surface area contributed by atoms with E-state index < -0.39 is 0 Å². The first-order valence-corrected chi connectivity index (χ1v) is 7.71. The largest absolute Gasteiger partial charge is 1.00 e. The van der Waals surface area contributed by atoms with Gasteiger partial charge in [-0.1, -0.05) is 6.07 Å². The molecule has 2 heterocycles. The lowest BCUT2D eigenvalue weighted by Crippen LogP contribution is -3.00. The highest BCUT2D eigenvalue weighted by Crippen LogP contribution is 2.19. The molecule has 1 aliphatic rings. The van der Waals surface area contributed by atoms with E-state index >= 15 is 0 Å². The minimum atomic E-state index is 0. The molecule has 0 spiro atoms. The first-order chi connectivity index (χ1) is 10.6. The minimum absolute atomic E-state index is 0. The van der Waals surface area contributed by atoms with Crippen molar-refractivity contribution in [3.63, 3.8) is 0 Å². The molecule has 122 valence electrons. The zero-order valence-corrected chi connectivity index (χ0v) is 15.7. The summed E-state index contributed by atoms with van der Waals surface area (Å²) in [5, 5.41) is 0. The van der Waals surface area contributed by atoms with Gasteiger partial charge in [0, 0.05) is 17.3 Å². The van der Waals surface area contributed by atoms with Gasteiger partial charge in [-0.05, 0) is 37.3 Å². The zero-order valence-electron chi connectivity index (χ0n) is 13.6. The lowest BCUT2D eigenvalue weighted by Gasteiger charge is -2.33. The van der Waals surface area contributed by atoms with Gasteiger partial charge in [0.25, 0.3) is 5.82 Å². The van der Waals surface area contributed by atoms with E-state index in [4.69, 9.17) is 0 Å². The van der Waals surface area contributed by atoms with Crippen LogP contribution < -0.4 is 38.3 Å². The average Bonchev–Trinajstić information content (AvgIpc) is 2.56. The van der Waals surface area contributed by atoms with E-state index in [0.29, 0.717) is 0 Å². The van der Waals surface area contributed by atoms with Crippen molar-refractivity contribution in [1.82, 2.24) is 0 Å². The number of anilines is 2. The van der Waals surface area contributed by atoms with E-state index in [2.05, 4.69) is 57.9 Å². The van der Waals surface area contributed by atoms with Crippen LogP contribution in [0.5, 0.6) is 0 Å². The van der Waals surface area contributed by atoms with Crippen LogP contribution in [0.4, 0.5) is 11.5 Å². The Hall–Kier alpha value is -1.63. The van der Waals surface area contributed by atoms with Crippen LogP contribution in [-0.2, 0) is 7.05 Å². The quantitative estimate of drug-likeness (QED) is 0.362. The summed E-state index contributed by atoms with van der Waals surface area (Å²) >= 11 is 0. The van der Waals surface area contributed by atoms with E-state index in [1.165, 1.54) is 11.5 Å². The number of carbonyl (C=O) groups is 1. The molecule has 0 N–H and O–H groups in total. The Labute approximate surface area is 154 Å². The minimum Gasteiger partial charge on any atom is -1.00 e. The van der Waals surface area contributed by atoms with E-state index in [1.54, 1.807) is 6.92 Å². The number of halogens is 1. The fourth-order valence-corrected chi connectivity index (χ4v) is 2.94. The Morgan fingerprint density at radius 2 is 1.57 bits per heavy atom. The lowest BCUT2D eigenvalue weighted by atomic mass is 10.1. The lowest BCUT2D eigenvalue weighted by molar-refractivity contribution is -0.659. The topological polar surface area (TPSA) is 27.4 Å². The van der Waals surface area contributed by atoms with Crippen molar-refractivity contribution in [2.24, 2.45) is 7.05 Å². The number of hydrogen-bond acceptors (Lipinski definition) is 3. The van der Waals surface area contributed by atoms with Gasteiger partial charge in [-0.2, -0.15) is 0 Å². The van der Waals surface area contributed by atoms with Crippen molar-refractivity contribution in [1.29, 1.82) is 0 Å². The van der Waals surface area contributed by atoms with Crippen molar-refractivity contribution in [3.05, 3.63) is 54.2 Å². The highest BCUT2D eigenvalue weighted by molar-refractivity contribution is 5.94. The van der Waals surface area contributed by atoms with Crippen LogP contribution in [-0.4, -0.2) is 32.0 Å². The molecule has 23 heavy (non-hydrogen) atoms. The fraction of sp³-hybridized carbons (Fsp3) is 0.333. The van der Waals surface area contributed by atoms with Crippen molar-refractivity contribution < 1.29 is 33.3 Å². The number of pyridine rings is 1. The second-order valence-electron chi connectivity index (χ2n) is 5.75. The van der Waals surface area contributed by atoms with Gasteiger partial charge >= 0.3 is 0 Å². The van der Waals surface area contributed by atoms with E-state index in [0.717, 1.165) is 31.7 Å². The van der Waals surface area contributed by atoms with Crippen LogP contribution in [0.3, 0.4) is 0 Å². The molecule has 1 aromatic carbocycles. The molecule has 0 bridgehead atoms. The number of benzene rings is 1. The van der Waals surface area contributed by atoms with Gasteiger partial charge in [0.05, 0.1) is 26.3 Å². The summed E-state index contributed by atoms with van der Waals surface area (Å²) in [6.45, 7) is 5.61. The van der Waals surface area contributed by atoms with Gasteiger partial charge in [0.2, 0.25) is 0 Å². The average molecular weight is 423 g/mol. The van der Waals surface area contributed by atoms with Crippen molar-refractivity contribution in [2.75, 3.05) is 36.0 Å². The Kier molecular flexibility index (Phi) is 5.98. The number of piperazine rings is 1. The predicted molar refractivity (Wildman–Crippen MR) is 88.5 cm³/mol. The monoisotopic (exact) mass is 423 g/mol. The first kappa shape index (κ1) is 17.7. The third kappa shape index (κ3) is 4.02. The molecule has 0 unspecified atom stereocenters. The molecule has 3 rings (SSSR count). The van der Waals surface area contributed by atoms with Crippen molar-refractivity contribution in [3.8, 4) is 0 Å². The number of hydrogen-bond donors (Lipinski definition) is 0. The number of aromatic nitrogens is 1. The van der Waals surface area contributed by atoms with Crippen LogP contribution in [0.1, 0.15) is 17.3 Å². The Morgan fingerprint density at radius 1 is 0.957 bits per heavy atom. The number of rotatable bonds is 3. The highest BCUT2D eigenvalue weighted by atomic mass is 127. The molecule has 5 heteroatoms. The van der Waals surface area contributed by atoms with Gasteiger partial charge in [0.15, 0.2) is 5.78 Å². The maximum absolute atomic E-state index is 11.3. The summed E-state index contributed by atoms with van der Waals surface area (Å²) in [5.41, 5.74) is 1.97. The van der Waals surface area contributed by atoms with Gasteiger partial charge < -0.3 is 28.9 Å². The molecular weight excluding hydrogens is 401 g/mol. The first-order valence-electron chi connectivity index (χ1n) is 7.71. The Balaban J connectivity index is 0.00000192. The molecule has 1 aromatic heterocycles. The summed E-state index contributed by atoms with van der Waals surface area (Å²) in [7, 11) is 2.09. The highest BCUT2D eigenvalue weighted by Gasteiger charge is 2.24. The summed E-state index contributed by atoms with van der Waals surface area (Å²) in [5.74, 6) is 1.38. The van der Waals surface area contributed by atoms with Crippen LogP contribution in [0.15, 0.2) is 48.7 Å². The summed E-state index contributed by atoms with van der Waals surface area (Å²) in [4.78, 5) is 16.1. The van der Waals surface area contributed by atoms with Crippen molar-refractivity contribution >= 4 is 17.3 Å². The third-order valence-corrected chi connectivity index (χ3v) is 4.27.